The largest absolute Gasteiger partial charge is 0.454 e. The molecule has 174 valence electrons. The molecule has 0 saturated carbocycles. The lowest BCUT2D eigenvalue weighted by Gasteiger charge is -2.31. The second-order valence-electron chi connectivity index (χ2n) is 8.12. The van der Waals surface area contributed by atoms with Crippen LogP contribution in [0.5, 0.6) is 11.5 Å². The van der Waals surface area contributed by atoms with Crippen LogP contribution in [0, 0.1) is 5.82 Å². The first-order valence-corrected chi connectivity index (χ1v) is 11.7. The highest BCUT2D eigenvalue weighted by molar-refractivity contribution is 9.10. The number of ether oxygens (including phenoxy) is 3. The van der Waals surface area contributed by atoms with Gasteiger partial charge < -0.3 is 23.6 Å². The zero-order valence-electron chi connectivity index (χ0n) is 17.8. The van der Waals surface area contributed by atoms with E-state index in [9.17, 15) is 9.18 Å². The van der Waals surface area contributed by atoms with Crippen LogP contribution in [-0.2, 0) is 4.74 Å². The van der Waals surface area contributed by atoms with E-state index in [-0.39, 0.29) is 12.6 Å². The molecule has 1 fully saturated rings. The summed E-state index contributed by atoms with van der Waals surface area (Å²) in [7, 11) is 0. The van der Waals surface area contributed by atoms with Gasteiger partial charge in [0.05, 0.1) is 18.0 Å². The topological polar surface area (TPSA) is 86.1 Å². The minimum atomic E-state index is -0.511. The maximum Gasteiger partial charge on any atom is 0.411 e. The minimum absolute atomic E-state index is 0.169. The number of carbonyl (C=O) groups is 1. The summed E-state index contributed by atoms with van der Waals surface area (Å²) in [5.74, 6) is 1.20. The van der Waals surface area contributed by atoms with Crippen LogP contribution in [0.3, 0.4) is 0 Å². The smallest absolute Gasteiger partial charge is 0.411 e. The highest BCUT2D eigenvalue weighted by Gasteiger charge is 2.25. The zero-order chi connectivity index (χ0) is 22.8. The Morgan fingerprint density at radius 3 is 2.82 bits per heavy atom. The van der Waals surface area contributed by atoms with Crippen LogP contribution in [0.2, 0.25) is 0 Å². The third kappa shape index (κ3) is 4.91. The molecule has 2 aromatic carbocycles. The summed E-state index contributed by atoms with van der Waals surface area (Å²) in [5.41, 5.74) is 1.98. The molecule has 2 aliphatic heterocycles. The molecule has 8 nitrogen and oxygen atoms in total. The molecule has 3 aromatic rings. The number of piperidine rings is 1. The van der Waals surface area contributed by atoms with Crippen molar-refractivity contribution in [3.8, 4) is 11.5 Å². The molecule has 0 spiro atoms. The molecule has 5 rings (SSSR count). The fourth-order valence-electron chi connectivity index (χ4n) is 4.27. The van der Waals surface area contributed by atoms with Crippen LogP contribution in [0.4, 0.5) is 14.9 Å². The maximum atomic E-state index is 13.4. The van der Waals surface area contributed by atoms with Gasteiger partial charge in [0.1, 0.15) is 5.82 Å². The first-order valence-electron chi connectivity index (χ1n) is 10.9. The average Bonchev–Trinajstić information content (AvgIpc) is 3.43. The third-order valence-electron chi connectivity index (χ3n) is 5.99. The number of nitrogens with one attached hydrogen (secondary N) is 1. The fraction of sp³-hybridized carbons (Fsp3) is 0.391. The molecule has 1 amide bonds. The Balaban J connectivity index is 1.04. The first kappa shape index (κ1) is 22.0. The highest BCUT2D eigenvalue weighted by Crippen LogP contribution is 2.39. The second-order valence-corrected chi connectivity index (χ2v) is 8.98. The van der Waals surface area contributed by atoms with Crippen molar-refractivity contribution < 1.29 is 27.9 Å². The predicted molar refractivity (Wildman–Crippen MR) is 122 cm³/mol. The number of nitrogens with zero attached hydrogens (tertiary/aromatic N) is 2. The Morgan fingerprint density at radius 2 is 2.00 bits per heavy atom. The molecule has 1 saturated heterocycles. The number of aromatic nitrogens is 1. The molecule has 0 atom stereocenters. The van der Waals surface area contributed by atoms with Gasteiger partial charge in [-0.3, -0.25) is 5.32 Å². The van der Waals surface area contributed by atoms with Crippen LogP contribution < -0.4 is 14.8 Å². The van der Waals surface area contributed by atoms with Gasteiger partial charge in [0, 0.05) is 40.5 Å². The normalized spacial score (nSPS) is 16.3. The van der Waals surface area contributed by atoms with E-state index >= 15 is 0 Å². The average molecular weight is 520 g/mol. The number of amides is 1. The van der Waals surface area contributed by atoms with E-state index in [4.69, 9.17) is 18.7 Å². The molecule has 3 heterocycles. The number of rotatable bonds is 6. The van der Waals surface area contributed by atoms with Crippen molar-refractivity contribution in [2.24, 2.45) is 0 Å². The Labute approximate surface area is 198 Å². The van der Waals surface area contributed by atoms with E-state index in [0.29, 0.717) is 39.8 Å². The number of anilines is 1. The van der Waals surface area contributed by atoms with Gasteiger partial charge in [0.25, 0.3) is 0 Å². The van der Waals surface area contributed by atoms with Crippen LogP contribution in [0.15, 0.2) is 39.3 Å². The molecule has 0 bridgehead atoms. The van der Waals surface area contributed by atoms with Crippen molar-refractivity contribution in [1.29, 1.82) is 0 Å². The lowest BCUT2D eigenvalue weighted by molar-refractivity contribution is 0.145. The van der Waals surface area contributed by atoms with Crippen molar-refractivity contribution in [3.05, 3.63) is 46.3 Å². The Morgan fingerprint density at radius 1 is 1.21 bits per heavy atom. The number of benzene rings is 2. The molecule has 0 unspecified atom stereocenters. The van der Waals surface area contributed by atoms with E-state index in [1.807, 2.05) is 0 Å². The molecular formula is C23H23BrFN3O5. The zero-order valence-corrected chi connectivity index (χ0v) is 19.4. The summed E-state index contributed by atoms with van der Waals surface area (Å²) in [6.07, 6.45) is 2.14. The van der Waals surface area contributed by atoms with Gasteiger partial charge in [-0.1, -0.05) is 5.16 Å². The van der Waals surface area contributed by atoms with Crippen LogP contribution >= 0.6 is 15.9 Å². The summed E-state index contributed by atoms with van der Waals surface area (Å²) >= 11 is 3.41. The fourth-order valence-corrected chi connectivity index (χ4v) is 4.69. The number of carbonyl (C=O) groups excluding carboxylic acids is 1. The number of likely N-dealkylation sites (tertiary alicyclic amines) is 1. The monoisotopic (exact) mass is 519 g/mol. The van der Waals surface area contributed by atoms with Gasteiger partial charge in [-0.15, -0.1) is 0 Å². The van der Waals surface area contributed by atoms with Crippen molar-refractivity contribution in [1.82, 2.24) is 10.1 Å². The van der Waals surface area contributed by atoms with E-state index in [0.717, 1.165) is 50.0 Å². The molecule has 33 heavy (non-hydrogen) atoms. The molecule has 1 aromatic heterocycles. The van der Waals surface area contributed by atoms with E-state index < -0.39 is 6.09 Å². The summed E-state index contributed by atoms with van der Waals surface area (Å²) in [6.45, 7) is 3.20. The minimum Gasteiger partial charge on any atom is -0.454 e. The van der Waals surface area contributed by atoms with Gasteiger partial charge in [-0.05, 0) is 60.4 Å². The van der Waals surface area contributed by atoms with Gasteiger partial charge in [0.2, 0.25) is 6.79 Å². The summed E-state index contributed by atoms with van der Waals surface area (Å²) < 4.78 is 35.3. The lowest BCUT2D eigenvalue weighted by atomic mass is 9.91. The third-order valence-corrected chi connectivity index (χ3v) is 6.64. The quantitative estimate of drug-likeness (QED) is 0.443. The van der Waals surface area contributed by atoms with Crippen molar-refractivity contribution in [3.63, 3.8) is 0 Å². The van der Waals surface area contributed by atoms with Crippen molar-refractivity contribution >= 4 is 38.7 Å². The predicted octanol–water partition coefficient (Wildman–Crippen LogP) is 5.28. The second kappa shape index (κ2) is 9.56. The summed E-state index contributed by atoms with van der Waals surface area (Å²) in [5, 5.41) is 7.81. The Hall–Kier alpha value is -2.85. The van der Waals surface area contributed by atoms with E-state index in [2.05, 4.69) is 31.3 Å². The number of hydrogen-bond donors (Lipinski definition) is 1. The van der Waals surface area contributed by atoms with Crippen LogP contribution in [0.25, 0.3) is 11.0 Å². The first-order chi connectivity index (χ1) is 16.1. The Kier molecular flexibility index (Phi) is 6.37. The number of halogens is 2. The Bertz CT molecular complexity index is 1160. The standard InChI is InChI=1S/C23H23BrFN3O5/c24-17-11-20-21(32-13-31-20)12-18(17)26-23(29)30-9-1-6-28-7-4-14(5-8-28)22-16-3-2-15(25)10-19(16)33-27-22/h2-3,10-12,14H,1,4-9,13H2,(H,26,29). The van der Waals surface area contributed by atoms with Gasteiger partial charge in [-0.2, -0.15) is 0 Å². The maximum absolute atomic E-state index is 13.4. The van der Waals surface area contributed by atoms with Gasteiger partial charge >= 0.3 is 6.09 Å². The molecule has 1 N–H and O–H groups in total. The molecule has 2 aliphatic rings. The molecule has 0 aliphatic carbocycles. The molecular weight excluding hydrogens is 497 g/mol. The SMILES string of the molecule is O=C(Nc1cc2c(cc1Br)OCO2)OCCCN1CCC(c2noc3cc(F)ccc23)CC1. The highest BCUT2D eigenvalue weighted by atomic mass is 79.9. The van der Waals surface area contributed by atoms with E-state index in [1.54, 1.807) is 18.2 Å². The van der Waals surface area contributed by atoms with Crippen molar-refractivity contribution in [2.45, 2.75) is 25.2 Å². The number of hydrogen-bond acceptors (Lipinski definition) is 7. The van der Waals surface area contributed by atoms with E-state index in [1.165, 1.54) is 12.1 Å². The molecule has 0 radical (unpaired) electrons. The summed E-state index contributed by atoms with van der Waals surface area (Å²) in [4.78, 5) is 14.5. The summed E-state index contributed by atoms with van der Waals surface area (Å²) in [6, 6.07) is 8.02. The van der Waals surface area contributed by atoms with Crippen LogP contribution in [-0.4, -0.2) is 49.2 Å². The molecule has 10 heteroatoms. The van der Waals surface area contributed by atoms with Crippen molar-refractivity contribution in [2.75, 3.05) is 38.4 Å². The van der Waals surface area contributed by atoms with Gasteiger partial charge in [-0.25, -0.2) is 9.18 Å². The van der Waals surface area contributed by atoms with Crippen LogP contribution in [0.1, 0.15) is 30.9 Å². The number of fused-ring (bicyclic) bond motifs is 2. The lowest BCUT2D eigenvalue weighted by Crippen LogP contribution is -2.34. The van der Waals surface area contributed by atoms with Gasteiger partial charge in [0.15, 0.2) is 17.1 Å².